The summed E-state index contributed by atoms with van der Waals surface area (Å²) in [6.45, 7) is 3.69. The van der Waals surface area contributed by atoms with E-state index in [0.29, 0.717) is 22.2 Å². The largest absolute Gasteiger partial charge is 0.496 e. The summed E-state index contributed by atoms with van der Waals surface area (Å²) in [5.74, 6) is 0.810. The Morgan fingerprint density at radius 3 is 2.87 bits per heavy atom. The van der Waals surface area contributed by atoms with Crippen LogP contribution in [0, 0.1) is 10.1 Å². The van der Waals surface area contributed by atoms with Gasteiger partial charge in [0.2, 0.25) is 0 Å². The molecule has 30 heavy (non-hydrogen) atoms. The topological polar surface area (TPSA) is 109 Å². The van der Waals surface area contributed by atoms with E-state index in [4.69, 9.17) is 4.74 Å². The fourth-order valence-corrected chi connectivity index (χ4v) is 4.12. The molecule has 0 aromatic heterocycles. The molecule has 0 radical (unpaired) electrons. The van der Waals surface area contributed by atoms with Crippen LogP contribution in [0.25, 0.3) is 0 Å². The highest BCUT2D eigenvalue weighted by molar-refractivity contribution is 8.14. The average Bonchev–Trinajstić information content (AvgIpc) is 2.76. The summed E-state index contributed by atoms with van der Waals surface area (Å²) in [5.41, 5.74) is 1.96. The van der Waals surface area contributed by atoms with Crippen LogP contribution in [0.3, 0.4) is 0 Å². The molecule has 2 aliphatic heterocycles. The zero-order valence-corrected chi connectivity index (χ0v) is 16.9. The molecule has 2 N–H and O–H groups in total. The number of nitrogens with one attached hydrogen (secondary N) is 2. The number of non-ortho nitro benzene ring substituents is 1. The molecule has 2 aromatic rings. The number of amides is 1. The minimum absolute atomic E-state index is 0.0743. The fraction of sp³-hybridized carbons (Fsp3) is 0.200. The number of hydrogen-bond donors (Lipinski definition) is 2. The molecule has 0 fully saturated rings. The van der Waals surface area contributed by atoms with Crippen LogP contribution in [0.2, 0.25) is 0 Å². The molecule has 2 aromatic carbocycles. The van der Waals surface area contributed by atoms with Crippen molar-refractivity contribution in [1.29, 1.82) is 0 Å². The van der Waals surface area contributed by atoms with E-state index in [1.807, 2.05) is 24.3 Å². The van der Waals surface area contributed by atoms with E-state index < -0.39 is 17.1 Å². The SMILES string of the molecule is C=CCSC1=NN2C(c3cc([N+](=O)[O-])ccc3OC)Nc3ccccc3C2C(=O)N1. The number of thioether (sulfide) groups is 1. The first-order valence-corrected chi connectivity index (χ1v) is 10.1. The number of amidine groups is 1. The molecule has 1 amide bonds. The Morgan fingerprint density at radius 1 is 1.33 bits per heavy atom. The van der Waals surface area contributed by atoms with Crippen LogP contribution in [0.5, 0.6) is 5.75 Å². The van der Waals surface area contributed by atoms with E-state index in [1.165, 1.54) is 31.0 Å². The normalized spacial score (nSPS) is 19.6. The molecular formula is C20H19N5O4S. The minimum atomic E-state index is -0.690. The van der Waals surface area contributed by atoms with E-state index in [2.05, 4.69) is 22.3 Å². The van der Waals surface area contributed by atoms with E-state index >= 15 is 0 Å². The highest BCUT2D eigenvalue weighted by Gasteiger charge is 2.43. The summed E-state index contributed by atoms with van der Waals surface area (Å²) in [6.07, 6.45) is 1.07. The first kappa shape index (κ1) is 19.8. The van der Waals surface area contributed by atoms with Crippen molar-refractivity contribution in [2.75, 3.05) is 18.2 Å². The van der Waals surface area contributed by atoms with Crippen molar-refractivity contribution >= 4 is 34.2 Å². The number of nitro benzene ring substituents is 1. The van der Waals surface area contributed by atoms with Gasteiger partial charge in [0.15, 0.2) is 11.2 Å². The number of methoxy groups -OCH3 is 1. The van der Waals surface area contributed by atoms with Crippen LogP contribution in [-0.2, 0) is 4.79 Å². The Bertz CT molecular complexity index is 1060. The molecule has 0 bridgehead atoms. The number of ether oxygens (including phenoxy) is 1. The summed E-state index contributed by atoms with van der Waals surface area (Å²) in [7, 11) is 1.50. The molecule has 2 unspecified atom stereocenters. The van der Waals surface area contributed by atoms with Gasteiger partial charge in [0.05, 0.1) is 12.0 Å². The second-order valence-electron chi connectivity index (χ2n) is 6.59. The summed E-state index contributed by atoms with van der Waals surface area (Å²) < 4.78 is 5.46. The highest BCUT2D eigenvalue weighted by Crippen LogP contribution is 2.45. The van der Waals surface area contributed by atoms with Crippen LogP contribution in [0.4, 0.5) is 11.4 Å². The Labute approximate surface area is 176 Å². The Hall–Kier alpha value is -3.53. The molecule has 0 saturated heterocycles. The number of para-hydroxylation sites is 1. The van der Waals surface area contributed by atoms with Gasteiger partial charge in [-0.1, -0.05) is 36.0 Å². The average molecular weight is 425 g/mol. The van der Waals surface area contributed by atoms with Crippen molar-refractivity contribution in [1.82, 2.24) is 10.3 Å². The highest BCUT2D eigenvalue weighted by atomic mass is 32.2. The summed E-state index contributed by atoms with van der Waals surface area (Å²) in [5, 5.41) is 24.3. The van der Waals surface area contributed by atoms with Crippen LogP contribution < -0.4 is 15.4 Å². The van der Waals surface area contributed by atoms with Gasteiger partial charge in [-0.25, -0.2) is 0 Å². The maximum absolute atomic E-state index is 13.0. The molecular weight excluding hydrogens is 406 g/mol. The third kappa shape index (κ3) is 3.45. The number of nitrogens with zero attached hydrogens (tertiary/aromatic N) is 3. The number of anilines is 1. The molecule has 4 rings (SSSR count). The number of carbonyl (C=O) groups is 1. The van der Waals surface area contributed by atoms with Crippen molar-refractivity contribution in [3.63, 3.8) is 0 Å². The van der Waals surface area contributed by atoms with Crippen LogP contribution in [0.15, 0.2) is 60.2 Å². The lowest BCUT2D eigenvalue weighted by atomic mass is 9.96. The van der Waals surface area contributed by atoms with Gasteiger partial charge in [0, 0.05) is 34.7 Å². The summed E-state index contributed by atoms with van der Waals surface area (Å²) in [6, 6.07) is 11.1. The number of fused-ring (bicyclic) bond motifs is 3. The van der Waals surface area contributed by atoms with E-state index in [0.717, 1.165) is 11.3 Å². The number of nitro groups is 1. The smallest absolute Gasteiger partial charge is 0.270 e. The maximum Gasteiger partial charge on any atom is 0.270 e. The molecule has 2 aliphatic rings. The number of carbonyl (C=O) groups excluding carboxylic acids is 1. The van der Waals surface area contributed by atoms with Gasteiger partial charge in [-0.15, -0.1) is 11.7 Å². The van der Waals surface area contributed by atoms with Crippen LogP contribution >= 0.6 is 11.8 Å². The Kier molecular flexibility index (Phi) is 5.32. The quantitative estimate of drug-likeness (QED) is 0.429. The van der Waals surface area contributed by atoms with Gasteiger partial charge >= 0.3 is 0 Å². The first-order chi connectivity index (χ1) is 14.5. The molecule has 2 atom stereocenters. The third-order valence-electron chi connectivity index (χ3n) is 4.82. The molecule has 10 heteroatoms. The van der Waals surface area contributed by atoms with Gasteiger partial charge in [0.25, 0.3) is 11.6 Å². The fourth-order valence-electron chi connectivity index (χ4n) is 3.52. The van der Waals surface area contributed by atoms with Gasteiger partial charge in [-0.05, 0) is 12.1 Å². The Balaban J connectivity index is 1.87. The zero-order chi connectivity index (χ0) is 21.3. The summed E-state index contributed by atoms with van der Waals surface area (Å²) >= 11 is 1.34. The van der Waals surface area contributed by atoms with E-state index in [1.54, 1.807) is 17.2 Å². The van der Waals surface area contributed by atoms with Crippen molar-refractivity contribution in [3.05, 3.63) is 76.4 Å². The van der Waals surface area contributed by atoms with Crippen LogP contribution in [-0.4, -0.2) is 33.9 Å². The van der Waals surface area contributed by atoms with Crippen molar-refractivity contribution in [3.8, 4) is 5.75 Å². The zero-order valence-electron chi connectivity index (χ0n) is 16.1. The molecule has 0 spiro atoms. The predicted octanol–water partition coefficient (Wildman–Crippen LogP) is 3.39. The van der Waals surface area contributed by atoms with Crippen molar-refractivity contribution in [2.24, 2.45) is 5.10 Å². The first-order valence-electron chi connectivity index (χ1n) is 9.12. The van der Waals surface area contributed by atoms with Crippen LogP contribution in [0.1, 0.15) is 23.3 Å². The monoisotopic (exact) mass is 425 g/mol. The van der Waals surface area contributed by atoms with Crippen molar-refractivity contribution in [2.45, 2.75) is 12.2 Å². The molecule has 0 aliphatic carbocycles. The number of hydrogen-bond acceptors (Lipinski definition) is 8. The van der Waals surface area contributed by atoms with Gasteiger partial charge in [0.1, 0.15) is 11.9 Å². The van der Waals surface area contributed by atoms with Crippen molar-refractivity contribution < 1.29 is 14.5 Å². The second-order valence-corrected chi connectivity index (χ2v) is 7.60. The third-order valence-corrected chi connectivity index (χ3v) is 5.68. The molecule has 2 heterocycles. The standard InChI is InChI=1S/C20H19N5O4S/c1-3-10-30-20-22-19(26)17-13-6-4-5-7-15(13)21-18(24(17)23-20)14-11-12(25(27)28)8-9-16(14)29-2/h3-9,11,17-18,21H,1,10H2,2H3,(H,22,23,26). The number of benzene rings is 2. The molecule has 9 nitrogen and oxygen atoms in total. The second kappa shape index (κ2) is 8.07. The van der Waals surface area contributed by atoms with E-state index in [9.17, 15) is 14.9 Å². The molecule has 154 valence electrons. The number of rotatable bonds is 5. The lowest BCUT2D eigenvalue weighted by Gasteiger charge is -2.43. The summed E-state index contributed by atoms with van der Waals surface area (Å²) in [4.78, 5) is 23.9. The Morgan fingerprint density at radius 2 is 2.13 bits per heavy atom. The lowest BCUT2D eigenvalue weighted by molar-refractivity contribution is -0.385. The van der Waals surface area contributed by atoms with Gasteiger partial charge < -0.3 is 15.4 Å². The minimum Gasteiger partial charge on any atom is -0.496 e. The van der Waals surface area contributed by atoms with Gasteiger partial charge in [-0.3, -0.25) is 19.9 Å². The maximum atomic E-state index is 13.0. The lowest BCUT2D eigenvalue weighted by Crippen LogP contribution is -2.51. The van der Waals surface area contributed by atoms with Gasteiger partial charge in [-0.2, -0.15) is 0 Å². The van der Waals surface area contributed by atoms with E-state index in [-0.39, 0.29) is 11.6 Å². The predicted molar refractivity (Wildman–Crippen MR) is 115 cm³/mol. The molecule has 0 saturated carbocycles. The number of hydrazone groups is 1.